The Morgan fingerprint density at radius 3 is 2.31 bits per heavy atom. The summed E-state index contributed by atoms with van der Waals surface area (Å²) in [5, 5.41) is 10.00. The van der Waals surface area contributed by atoms with Crippen molar-refractivity contribution in [3.63, 3.8) is 0 Å². The van der Waals surface area contributed by atoms with Crippen molar-refractivity contribution < 1.29 is 14.6 Å². The second kappa shape index (κ2) is 4.34. The van der Waals surface area contributed by atoms with E-state index in [-0.39, 0.29) is 24.0 Å². The highest BCUT2D eigenvalue weighted by Gasteiger charge is 2.45. The van der Waals surface area contributed by atoms with Gasteiger partial charge in [0, 0.05) is 0 Å². The van der Waals surface area contributed by atoms with E-state index in [4.69, 9.17) is 4.74 Å². The zero-order valence-corrected chi connectivity index (χ0v) is 10.9. The third kappa shape index (κ3) is 3.19. The van der Waals surface area contributed by atoms with Gasteiger partial charge in [0.1, 0.15) is 12.2 Å². The summed E-state index contributed by atoms with van der Waals surface area (Å²) in [6.45, 7) is 10.6. The molecule has 0 spiro atoms. The third-order valence-electron chi connectivity index (χ3n) is 2.99. The summed E-state index contributed by atoms with van der Waals surface area (Å²) in [7, 11) is 0. The number of likely N-dealkylation sites (tertiary alicyclic amines) is 1. The van der Waals surface area contributed by atoms with Crippen molar-refractivity contribution in [2.24, 2.45) is 5.92 Å². The number of aliphatic hydroxyl groups is 1. The van der Waals surface area contributed by atoms with E-state index >= 15 is 0 Å². The number of amides is 1. The standard InChI is InChI=1S/C12H23NO3/c1-9(2)12(15)7-13(8-12)10(14)6-16-11(3,4)5/h9,15H,6-8H2,1-5H3. The predicted octanol–water partition coefficient (Wildman–Crippen LogP) is 1.03. The molecule has 1 amide bonds. The zero-order chi connectivity index (χ0) is 12.6. The van der Waals surface area contributed by atoms with Gasteiger partial charge in [-0.3, -0.25) is 4.79 Å². The van der Waals surface area contributed by atoms with E-state index in [9.17, 15) is 9.90 Å². The van der Waals surface area contributed by atoms with Crippen molar-refractivity contribution in [3.05, 3.63) is 0 Å². The van der Waals surface area contributed by atoms with E-state index in [0.717, 1.165) is 0 Å². The molecule has 0 aromatic rings. The first-order valence-electron chi connectivity index (χ1n) is 5.78. The Balaban J connectivity index is 2.33. The summed E-state index contributed by atoms with van der Waals surface area (Å²) in [6.07, 6.45) is 0. The van der Waals surface area contributed by atoms with Crippen molar-refractivity contribution in [1.29, 1.82) is 0 Å². The number of hydrogen-bond donors (Lipinski definition) is 1. The van der Waals surface area contributed by atoms with Gasteiger partial charge in [-0.25, -0.2) is 0 Å². The Kier molecular flexibility index (Phi) is 3.65. The SMILES string of the molecule is CC(C)C1(O)CN(C(=O)COC(C)(C)C)C1. The summed E-state index contributed by atoms with van der Waals surface area (Å²) < 4.78 is 5.40. The highest BCUT2D eigenvalue weighted by atomic mass is 16.5. The lowest BCUT2D eigenvalue weighted by atomic mass is 9.83. The summed E-state index contributed by atoms with van der Waals surface area (Å²) in [5.41, 5.74) is -0.994. The smallest absolute Gasteiger partial charge is 0.248 e. The highest BCUT2D eigenvalue weighted by molar-refractivity contribution is 5.78. The molecule has 1 N–H and O–H groups in total. The summed E-state index contributed by atoms with van der Waals surface area (Å²) in [5.74, 6) is 0.139. The lowest BCUT2D eigenvalue weighted by molar-refractivity contribution is -0.171. The van der Waals surface area contributed by atoms with Crippen molar-refractivity contribution in [2.75, 3.05) is 19.7 Å². The van der Waals surface area contributed by atoms with Crippen molar-refractivity contribution in [2.45, 2.75) is 45.8 Å². The minimum Gasteiger partial charge on any atom is -0.386 e. The quantitative estimate of drug-likeness (QED) is 0.786. The molecule has 16 heavy (non-hydrogen) atoms. The van der Waals surface area contributed by atoms with E-state index in [1.807, 2.05) is 34.6 Å². The summed E-state index contributed by atoms with van der Waals surface area (Å²) >= 11 is 0. The van der Waals surface area contributed by atoms with Gasteiger partial charge in [-0.2, -0.15) is 0 Å². The topological polar surface area (TPSA) is 49.8 Å². The molecule has 0 aromatic carbocycles. The summed E-state index contributed by atoms with van der Waals surface area (Å²) in [6, 6.07) is 0. The van der Waals surface area contributed by atoms with Gasteiger partial charge in [0.15, 0.2) is 0 Å². The molecule has 0 aliphatic carbocycles. The molecule has 0 radical (unpaired) electrons. The van der Waals surface area contributed by atoms with Gasteiger partial charge in [0.2, 0.25) is 5.91 Å². The fraction of sp³-hybridized carbons (Fsp3) is 0.917. The average molecular weight is 229 g/mol. The molecule has 0 bridgehead atoms. The third-order valence-corrected chi connectivity index (χ3v) is 2.99. The molecule has 4 heteroatoms. The number of hydrogen-bond acceptors (Lipinski definition) is 3. The molecule has 1 saturated heterocycles. The van der Waals surface area contributed by atoms with Crippen LogP contribution in [-0.4, -0.2) is 46.8 Å². The van der Waals surface area contributed by atoms with Crippen LogP contribution in [0.15, 0.2) is 0 Å². The Bertz CT molecular complexity index is 262. The lowest BCUT2D eigenvalue weighted by Gasteiger charge is -2.49. The van der Waals surface area contributed by atoms with Gasteiger partial charge < -0.3 is 14.7 Å². The zero-order valence-electron chi connectivity index (χ0n) is 10.9. The van der Waals surface area contributed by atoms with Crippen molar-refractivity contribution in [1.82, 2.24) is 4.90 Å². The van der Waals surface area contributed by atoms with Crippen LogP contribution in [0.25, 0.3) is 0 Å². The maximum Gasteiger partial charge on any atom is 0.248 e. The Morgan fingerprint density at radius 2 is 1.94 bits per heavy atom. The molecule has 0 unspecified atom stereocenters. The number of nitrogens with zero attached hydrogens (tertiary/aromatic N) is 1. The fourth-order valence-electron chi connectivity index (χ4n) is 1.53. The Morgan fingerprint density at radius 1 is 1.44 bits per heavy atom. The maximum atomic E-state index is 11.7. The molecule has 1 aliphatic heterocycles. The number of rotatable bonds is 3. The van der Waals surface area contributed by atoms with Gasteiger partial charge >= 0.3 is 0 Å². The van der Waals surface area contributed by atoms with Gasteiger partial charge in [-0.15, -0.1) is 0 Å². The van der Waals surface area contributed by atoms with Gasteiger partial charge in [0.25, 0.3) is 0 Å². The van der Waals surface area contributed by atoms with Crippen LogP contribution in [0.4, 0.5) is 0 Å². The van der Waals surface area contributed by atoms with E-state index in [2.05, 4.69) is 0 Å². The highest BCUT2D eigenvalue weighted by Crippen LogP contribution is 2.28. The first kappa shape index (κ1) is 13.5. The normalized spacial score (nSPS) is 19.8. The van der Waals surface area contributed by atoms with Crippen LogP contribution < -0.4 is 0 Å². The first-order valence-corrected chi connectivity index (χ1v) is 5.78. The first-order chi connectivity index (χ1) is 7.14. The van der Waals surface area contributed by atoms with E-state index < -0.39 is 5.60 Å². The van der Waals surface area contributed by atoms with Gasteiger partial charge in [-0.05, 0) is 26.7 Å². The molecule has 1 rings (SSSR count). The van der Waals surface area contributed by atoms with Crippen LogP contribution in [0.3, 0.4) is 0 Å². The monoisotopic (exact) mass is 229 g/mol. The molecule has 0 saturated carbocycles. The van der Waals surface area contributed by atoms with Crippen molar-refractivity contribution in [3.8, 4) is 0 Å². The number of carbonyl (C=O) groups is 1. The van der Waals surface area contributed by atoms with Crippen LogP contribution in [0.5, 0.6) is 0 Å². The summed E-state index contributed by atoms with van der Waals surface area (Å²) in [4.78, 5) is 13.3. The molecular weight excluding hydrogens is 206 g/mol. The van der Waals surface area contributed by atoms with E-state index in [0.29, 0.717) is 13.1 Å². The largest absolute Gasteiger partial charge is 0.386 e. The minimum atomic E-state index is -0.697. The molecule has 94 valence electrons. The Labute approximate surface area is 97.6 Å². The molecule has 1 heterocycles. The van der Waals surface area contributed by atoms with Crippen LogP contribution in [-0.2, 0) is 9.53 Å². The average Bonchev–Trinajstić information content (AvgIpc) is 2.07. The van der Waals surface area contributed by atoms with Crippen molar-refractivity contribution >= 4 is 5.91 Å². The Hall–Kier alpha value is -0.610. The molecular formula is C12H23NO3. The van der Waals surface area contributed by atoms with Crippen LogP contribution in [0.2, 0.25) is 0 Å². The minimum absolute atomic E-state index is 0.0414. The second-order valence-corrected chi connectivity index (χ2v) is 5.91. The molecule has 0 aromatic heterocycles. The van der Waals surface area contributed by atoms with Gasteiger partial charge in [0.05, 0.1) is 18.7 Å². The van der Waals surface area contributed by atoms with Crippen LogP contribution in [0.1, 0.15) is 34.6 Å². The van der Waals surface area contributed by atoms with Crippen LogP contribution in [0, 0.1) is 5.92 Å². The molecule has 1 fully saturated rings. The number of carbonyl (C=O) groups excluding carboxylic acids is 1. The molecule has 4 nitrogen and oxygen atoms in total. The number of β-amino-alcohol motifs (C(OH)–C–C–N with tert-alkyl or cyclic N) is 1. The second-order valence-electron chi connectivity index (χ2n) is 5.91. The maximum absolute atomic E-state index is 11.7. The molecule has 0 atom stereocenters. The molecule has 1 aliphatic rings. The number of ether oxygens (including phenoxy) is 1. The van der Waals surface area contributed by atoms with Gasteiger partial charge in [-0.1, -0.05) is 13.8 Å². The van der Waals surface area contributed by atoms with E-state index in [1.54, 1.807) is 4.90 Å². The predicted molar refractivity (Wildman–Crippen MR) is 62.1 cm³/mol. The van der Waals surface area contributed by atoms with E-state index in [1.165, 1.54) is 0 Å². The lowest BCUT2D eigenvalue weighted by Crippen LogP contribution is -2.66. The fourth-order valence-corrected chi connectivity index (χ4v) is 1.53. The van der Waals surface area contributed by atoms with Crippen LogP contribution >= 0.6 is 0 Å².